The van der Waals surface area contributed by atoms with Gasteiger partial charge in [0.15, 0.2) is 5.76 Å². The van der Waals surface area contributed by atoms with Crippen LogP contribution in [0.5, 0.6) is 0 Å². The number of amides is 2. The Kier molecular flexibility index (Phi) is 4.11. The van der Waals surface area contributed by atoms with Crippen molar-refractivity contribution in [2.24, 2.45) is 0 Å². The molecule has 116 valence electrons. The van der Waals surface area contributed by atoms with Crippen LogP contribution < -0.4 is 0 Å². The van der Waals surface area contributed by atoms with Crippen LogP contribution in [0.15, 0.2) is 54.3 Å². The van der Waals surface area contributed by atoms with Gasteiger partial charge in [-0.1, -0.05) is 47.5 Å². The first-order chi connectivity index (χ1) is 11.0. The second-order valence-corrected chi connectivity index (χ2v) is 5.93. The Balaban J connectivity index is 1.89. The second-order valence-electron chi connectivity index (χ2n) is 5.05. The van der Waals surface area contributed by atoms with E-state index in [9.17, 15) is 14.7 Å². The lowest BCUT2D eigenvalue weighted by Crippen LogP contribution is -2.31. The third-order valence-corrected chi connectivity index (χ3v) is 4.03. The Morgan fingerprint density at radius 3 is 1.91 bits per heavy atom. The van der Waals surface area contributed by atoms with Crippen LogP contribution in [0.2, 0.25) is 10.0 Å². The number of benzene rings is 2. The minimum atomic E-state index is -0.713. The highest BCUT2D eigenvalue weighted by atomic mass is 35.5. The fourth-order valence-corrected chi connectivity index (χ4v) is 2.61. The summed E-state index contributed by atoms with van der Waals surface area (Å²) in [6.07, 6.45) is 0. The maximum atomic E-state index is 12.5. The standard InChI is InChI=1S/C17H11Cl2NO3/c18-12-5-1-10(2-6-12)9-20-16(22)14(15(21)17(20)23)11-3-7-13(19)8-4-11/h1-8,21H,9H2. The minimum absolute atomic E-state index is 0.0133. The molecule has 0 radical (unpaired) electrons. The molecule has 0 fully saturated rings. The van der Waals surface area contributed by atoms with Gasteiger partial charge in [0, 0.05) is 10.0 Å². The van der Waals surface area contributed by atoms with Crippen molar-refractivity contribution in [1.29, 1.82) is 0 Å². The van der Waals surface area contributed by atoms with Crippen molar-refractivity contribution in [1.82, 2.24) is 4.90 Å². The number of carbonyl (C=O) groups excluding carboxylic acids is 2. The van der Waals surface area contributed by atoms with E-state index in [-0.39, 0.29) is 12.1 Å². The van der Waals surface area contributed by atoms with Crippen LogP contribution in [-0.4, -0.2) is 21.8 Å². The van der Waals surface area contributed by atoms with Gasteiger partial charge < -0.3 is 5.11 Å². The summed E-state index contributed by atoms with van der Waals surface area (Å²) in [5.41, 5.74) is 1.17. The summed E-state index contributed by atoms with van der Waals surface area (Å²) in [7, 11) is 0. The smallest absolute Gasteiger partial charge is 0.296 e. The highest BCUT2D eigenvalue weighted by Gasteiger charge is 2.39. The van der Waals surface area contributed by atoms with Crippen LogP contribution in [0, 0.1) is 0 Å². The van der Waals surface area contributed by atoms with Crippen LogP contribution >= 0.6 is 23.2 Å². The maximum absolute atomic E-state index is 12.5. The number of aliphatic hydroxyl groups is 1. The first-order valence-corrected chi connectivity index (χ1v) is 7.53. The van der Waals surface area contributed by atoms with Crippen molar-refractivity contribution < 1.29 is 14.7 Å². The molecule has 0 aliphatic carbocycles. The summed E-state index contributed by atoms with van der Waals surface area (Å²) < 4.78 is 0. The summed E-state index contributed by atoms with van der Waals surface area (Å²) >= 11 is 11.6. The fraction of sp³-hybridized carbons (Fsp3) is 0.0588. The highest BCUT2D eigenvalue weighted by molar-refractivity contribution is 6.35. The van der Waals surface area contributed by atoms with Crippen molar-refractivity contribution in [2.75, 3.05) is 0 Å². The quantitative estimate of drug-likeness (QED) is 0.858. The number of carbonyl (C=O) groups is 2. The Morgan fingerprint density at radius 2 is 1.35 bits per heavy atom. The van der Waals surface area contributed by atoms with Crippen LogP contribution in [0.25, 0.3) is 5.57 Å². The summed E-state index contributed by atoms with van der Waals surface area (Å²) in [5, 5.41) is 11.1. The molecule has 1 N–H and O–H groups in total. The molecule has 2 aromatic carbocycles. The molecule has 4 nitrogen and oxygen atoms in total. The summed E-state index contributed by atoms with van der Waals surface area (Å²) in [5.74, 6) is -1.80. The van der Waals surface area contributed by atoms with Crippen LogP contribution in [0.1, 0.15) is 11.1 Å². The van der Waals surface area contributed by atoms with E-state index >= 15 is 0 Å². The number of aliphatic hydroxyl groups excluding tert-OH is 1. The Hall–Kier alpha value is -2.30. The molecule has 3 rings (SSSR count). The molecule has 0 saturated heterocycles. The topological polar surface area (TPSA) is 57.6 Å². The summed E-state index contributed by atoms with van der Waals surface area (Å²) in [6, 6.07) is 13.2. The Morgan fingerprint density at radius 1 is 0.826 bits per heavy atom. The average Bonchev–Trinajstić information content (AvgIpc) is 2.74. The average molecular weight is 348 g/mol. The predicted octanol–water partition coefficient (Wildman–Crippen LogP) is 3.83. The third kappa shape index (κ3) is 2.96. The highest BCUT2D eigenvalue weighted by Crippen LogP contribution is 2.30. The number of rotatable bonds is 3. The Bertz CT molecular complexity index is 811. The van der Waals surface area contributed by atoms with E-state index in [4.69, 9.17) is 23.2 Å². The van der Waals surface area contributed by atoms with Crippen molar-refractivity contribution >= 4 is 40.6 Å². The first kappa shape index (κ1) is 15.6. The van der Waals surface area contributed by atoms with E-state index in [1.807, 2.05) is 0 Å². The van der Waals surface area contributed by atoms with Crippen LogP contribution in [0.3, 0.4) is 0 Å². The van der Waals surface area contributed by atoms with Gasteiger partial charge in [-0.15, -0.1) is 0 Å². The monoisotopic (exact) mass is 347 g/mol. The molecule has 1 heterocycles. The molecule has 0 atom stereocenters. The van der Waals surface area contributed by atoms with E-state index in [0.717, 1.165) is 10.5 Å². The van der Waals surface area contributed by atoms with E-state index in [1.54, 1.807) is 48.5 Å². The van der Waals surface area contributed by atoms with Gasteiger partial charge in [0.1, 0.15) is 0 Å². The molecule has 0 spiro atoms. The number of nitrogens with zero attached hydrogens (tertiary/aromatic N) is 1. The number of hydrogen-bond acceptors (Lipinski definition) is 3. The molecular formula is C17H11Cl2NO3. The van der Waals surface area contributed by atoms with Gasteiger partial charge in [-0.3, -0.25) is 14.5 Å². The molecule has 2 amide bonds. The Labute approximate surface area is 142 Å². The summed E-state index contributed by atoms with van der Waals surface area (Å²) in [4.78, 5) is 25.7. The van der Waals surface area contributed by atoms with Crippen LogP contribution in [-0.2, 0) is 16.1 Å². The molecule has 23 heavy (non-hydrogen) atoms. The maximum Gasteiger partial charge on any atom is 0.296 e. The molecule has 0 saturated carbocycles. The van der Waals surface area contributed by atoms with E-state index in [0.29, 0.717) is 15.6 Å². The van der Waals surface area contributed by atoms with Crippen molar-refractivity contribution in [2.45, 2.75) is 6.54 Å². The van der Waals surface area contributed by atoms with Crippen molar-refractivity contribution in [3.63, 3.8) is 0 Å². The first-order valence-electron chi connectivity index (χ1n) is 6.77. The predicted molar refractivity (Wildman–Crippen MR) is 88.0 cm³/mol. The van der Waals surface area contributed by atoms with Crippen LogP contribution in [0.4, 0.5) is 0 Å². The lowest BCUT2D eigenvalue weighted by atomic mass is 10.1. The zero-order valence-corrected chi connectivity index (χ0v) is 13.3. The molecule has 0 unspecified atom stereocenters. The van der Waals surface area contributed by atoms with Gasteiger partial charge >= 0.3 is 0 Å². The fourth-order valence-electron chi connectivity index (χ4n) is 2.36. The van der Waals surface area contributed by atoms with Crippen molar-refractivity contribution in [3.05, 3.63) is 75.5 Å². The molecule has 1 aliphatic heterocycles. The lowest BCUT2D eigenvalue weighted by Gasteiger charge is -2.14. The molecule has 2 aromatic rings. The normalized spacial score (nSPS) is 14.8. The molecule has 0 aromatic heterocycles. The van der Waals surface area contributed by atoms with E-state index in [2.05, 4.69) is 0 Å². The SMILES string of the molecule is O=C1C(O)=C(c2ccc(Cl)cc2)C(=O)N1Cc1ccc(Cl)cc1. The number of halogens is 2. The van der Waals surface area contributed by atoms with Gasteiger partial charge in [0.25, 0.3) is 11.8 Å². The number of hydrogen-bond donors (Lipinski definition) is 1. The van der Waals surface area contributed by atoms with Gasteiger partial charge in [-0.05, 0) is 35.4 Å². The number of imide groups is 1. The van der Waals surface area contributed by atoms with Gasteiger partial charge in [0.05, 0.1) is 12.1 Å². The molecule has 1 aliphatic rings. The van der Waals surface area contributed by atoms with Gasteiger partial charge in [0.2, 0.25) is 0 Å². The van der Waals surface area contributed by atoms with Crippen molar-refractivity contribution in [3.8, 4) is 0 Å². The van der Waals surface area contributed by atoms with E-state index in [1.165, 1.54) is 0 Å². The molecule has 0 bridgehead atoms. The molecule has 6 heteroatoms. The zero-order valence-electron chi connectivity index (χ0n) is 11.8. The third-order valence-electron chi connectivity index (χ3n) is 3.53. The van der Waals surface area contributed by atoms with E-state index < -0.39 is 17.6 Å². The minimum Gasteiger partial charge on any atom is -0.502 e. The van der Waals surface area contributed by atoms with Gasteiger partial charge in [-0.25, -0.2) is 0 Å². The largest absolute Gasteiger partial charge is 0.502 e. The molecular weight excluding hydrogens is 337 g/mol. The zero-order chi connectivity index (χ0) is 16.6. The second kappa shape index (κ2) is 6.07. The van der Waals surface area contributed by atoms with Gasteiger partial charge in [-0.2, -0.15) is 0 Å². The lowest BCUT2D eigenvalue weighted by molar-refractivity contribution is -0.138. The summed E-state index contributed by atoms with van der Waals surface area (Å²) in [6.45, 7) is 0.0655.